The summed E-state index contributed by atoms with van der Waals surface area (Å²) in [7, 11) is -2.24. The number of carbonyl (C=O) groups excluding carboxylic acids is 2. The number of hydrogen-bond acceptors (Lipinski definition) is 6. The lowest BCUT2D eigenvalue weighted by Crippen LogP contribution is -2.32. The molecule has 156 valence electrons. The molecule has 0 heterocycles. The molecule has 0 aliphatic carbocycles. The van der Waals surface area contributed by atoms with Crippen molar-refractivity contribution in [3.63, 3.8) is 0 Å². The average molecular weight is 420 g/mol. The smallest absolute Gasteiger partial charge is 0.307 e. The number of hydrogen-bond donors (Lipinski definition) is 2. The summed E-state index contributed by atoms with van der Waals surface area (Å²) in [4.78, 5) is 24.3. The van der Waals surface area contributed by atoms with Crippen molar-refractivity contribution in [1.82, 2.24) is 4.72 Å². The van der Waals surface area contributed by atoms with Crippen molar-refractivity contribution in [2.45, 2.75) is 31.3 Å². The Labute approximate surface area is 170 Å². The van der Waals surface area contributed by atoms with Gasteiger partial charge in [0.15, 0.2) is 6.10 Å². The normalized spacial score (nSPS) is 12.1. The SMILES string of the molecule is COc1ccccc1NC(=O)[C@@H](C)OC(=O)CCNS(=O)(=O)c1ccc(C)cc1. The fourth-order valence-corrected chi connectivity index (χ4v) is 3.41. The van der Waals surface area contributed by atoms with Crippen molar-refractivity contribution in [2.75, 3.05) is 19.0 Å². The van der Waals surface area contributed by atoms with Crippen molar-refractivity contribution >= 4 is 27.6 Å². The largest absolute Gasteiger partial charge is 0.495 e. The van der Waals surface area contributed by atoms with Gasteiger partial charge in [0, 0.05) is 6.54 Å². The average Bonchev–Trinajstić information content (AvgIpc) is 2.68. The molecule has 0 spiro atoms. The summed E-state index contributed by atoms with van der Waals surface area (Å²) in [6.45, 7) is 3.14. The van der Waals surface area contributed by atoms with E-state index in [9.17, 15) is 18.0 Å². The summed E-state index contributed by atoms with van der Waals surface area (Å²) < 4.78 is 36.9. The minimum Gasteiger partial charge on any atom is -0.495 e. The van der Waals surface area contributed by atoms with E-state index in [1.54, 1.807) is 36.4 Å². The first-order chi connectivity index (χ1) is 13.7. The van der Waals surface area contributed by atoms with E-state index in [0.717, 1.165) is 5.56 Å². The van der Waals surface area contributed by atoms with Crippen LogP contribution in [0.15, 0.2) is 53.4 Å². The second kappa shape index (κ2) is 10.0. The van der Waals surface area contributed by atoms with Gasteiger partial charge in [-0.05, 0) is 38.1 Å². The number of methoxy groups -OCH3 is 1. The van der Waals surface area contributed by atoms with Crippen LogP contribution in [0.2, 0.25) is 0 Å². The summed E-state index contributed by atoms with van der Waals surface area (Å²) in [6, 6.07) is 13.2. The monoisotopic (exact) mass is 420 g/mol. The van der Waals surface area contributed by atoms with Crippen molar-refractivity contribution in [2.24, 2.45) is 0 Å². The molecule has 0 aliphatic heterocycles. The Balaban J connectivity index is 1.82. The van der Waals surface area contributed by atoms with Gasteiger partial charge in [0.1, 0.15) is 5.75 Å². The molecule has 2 aromatic rings. The Hall–Kier alpha value is -2.91. The van der Waals surface area contributed by atoms with Crippen LogP contribution in [-0.2, 0) is 24.3 Å². The van der Waals surface area contributed by atoms with Gasteiger partial charge in [-0.3, -0.25) is 9.59 Å². The molecule has 2 N–H and O–H groups in total. The number of ether oxygens (including phenoxy) is 2. The Kier molecular flexibility index (Phi) is 7.74. The van der Waals surface area contributed by atoms with Crippen LogP contribution >= 0.6 is 0 Å². The molecule has 9 heteroatoms. The summed E-state index contributed by atoms with van der Waals surface area (Å²) in [5.74, 6) is -0.743. The van der Waals surface area contributed by atoms with Crippen molar-refractivity contribution in [1.29, 1.82) is 0 Å². The molecular formula is C20H24N2O6S. The van der Waals surface area contributed by atoms with E-state index in [-0.39, 0.29) is 17.9 Å². The number of nitrogens with one attached hydrogen (secondary N) is 2. The van der Waals surface area contributed by atoms with Gasteiger partial charge < -0.3 is 14.8 Å². The lowest BCUT2D eigenvalue weighted by atomic mass is 10.2. The first kappa shape index (κ1) is 22.4. The van der Waals surface area contributed by atoms with Gasteiger partial charge in [0.2, 0.25) is 10.0 Å². The quantitative estimate of drug-likeness (QED) is 0.602. The fourth-order valence-electron chi connectivity index (χ4n) is 2.38. The maximum atomic E-state index is 12.2. The van der Waals surface area contributed by atoms with Crippen LogP contribution in [0, 0.1) is 6.92 Å². The topological polar surface area (TPSA) is 111 Å². The number of sulfonamides is 1. The van der Waals surface area contributed by atoms with Gasteiger partial charge in [-0.1, -0.05) is 29.8 Å². The molecule has 0 saturated carbocycles. The van der Waals surface area contributed by atoms with Gasteiger partial charge in [0.25, 0.3) is 5.91 Å². The van der Waals surface area contributed by atoms with E-state index in [4.69, 9.17) is 9.47 Å². The van der Waals surface area contributed by atoms with Gasteiger partial charge in [-0.2, -0.15) is 0 Å². The van der Waals surface area contributed by atoms with Crippen molar-refractivity contribution in [3.8, 4) is 5.75 Å². The van der Waals surface area contributed by atoms with E-state index in [1.165, 1.54) is 26.2 Å². The maximum absolute atomic E-state index is 12.2. The zero-order valence-corrected chi connectivity index (χ0v) is 17.3. The molecule has 0 unspecified atom stereocenters. The first-order valence-corrected chi connectivity index (χ1v) is 10.4. The van der Waals surface area contributed by atoms with Crippen LogP contribution < -0.4 is 14.8 Å². The van der Waals surface area contributed by atoms with Crippen LogP contribution in [0.25, 0.3) is 0 Å². The number of carbonyl (C=O) groups is 2. The summed E-state index contributed by atoms with van der Waals surface area (Å²) >= 11 is 0. The highest BCUT2D eigenvalue weighted by molar-refractivity contribution is 7.89. The molecule has 0 bridgehead atoms. The molecular weight excluding hydrogens is 396 g/mol. The molecule has 1 atom stereocenters. The Morgan fingerprint density at radius 3 is 2.38 bits per heavy atom. The van der Waals surface area contributed by atoms with Crippen molar-refractivity contribution < 1.29 is 27.5 Å². The van der Waals surface area contributed by atoms with Crippen LogP contribution in [0.5, 0.6) is 5.75 Å². The number of rotatable bonds is 9. The third kappa shape index (κ3) is 6.58. The fraction of sp³-hybridized carbons (Fsp3) is 0.300. The number of esters is 1. The molecule has 8 nitrogen and oxygen atoms in total. The summed E-state index contributed by atoms with van der Waals surface area (Å²) in [5.41, 5.74) is 1.39. The lowest BCUT2D eigenvalue weighted by molar-refractivity contribution is -0.152. The second-order valence-corrected chi connectivity index (χ2v) is 8.05. The molecule has 0 saturated heterocycles. The minimum absolute atomic E-state index is 0.112. The zero-order chi connectivity index (χ0) is 21.4. The van der Waals surface area contributed by atoms with Crippen LogP contribution in [0.1, 0.15) is 18.9 Å². The third-order valence-electron chi connectivity index (χ3n) is 3.99. The molecule has 1 amide bonds. The minimum atomic E-state index is -3.72. The first-order valence-electron chi connectivity index (χ1n) is 8.92. The molecule has 2 aromatic carbocycles. The Morgan fingerprint density at radius 2 is 1.72 bits per heavy atom. The summed E-state index contributed by atoms with van der Waals surface area (Å²) in [6.07, 6.45) is -1.27. The highest BCUT2D eigenvalue weighted by atomic mass is 32.2. The van der Waals surface area contributed by atoms with E-state index >= 15 is 0 Å². The Morgan fingerprint density at radius 1 is 1.07 bits per heavy atom. The number of para-hydroxylation sites is 2. The lowest BCUT2D eigenvalue weighted by Gasteiger charge is -2.15. The molecule has 0 fully saturated rings. The molecule has 29 heavy (non-hydrogen) atoms. The van der Waals surface area contributed by atoms with Crippen LogP contribution in [0.4, 0.5) is 5.69 Å². The summed E-state index contributed by atoms with van der Waals surface area (Å²) in [5, 5.41) is 2.62. The van der Waals surface area contributed by atoms with E-state index < -0.39 is 28.0 Å². The standard InChI is InChI=1S/C20H24N2O6S/c1-14-8-10-16(11-9-14)29(25,26)21-13-12-19(23)28-15(2)20(24)22-17-6-4-5-7-18(17)27-3/h4-11,15,21H,12-13H2,1-3H3,(H,22,24)/t15-/m1/s1. The molecule has 0 aliphatic rings. The predicted molar refractivity (Wildman–Crippen MR) is 108 cm³/mol. The van der Waals surface area contributed by atoms with E-state index in [2.05, 4.69) is 10.0 Å². The number of aryl methyl sites for hydroxylation is 1. The number of anilines is 1. The maximum Gasteiger partial charge on any atom is 0.307 e. The molecule has 0 aromatic heterocycles. The highest BCUT2D eigenvalue weighted by Crippen LogP contribution is 2.23. The van der Waals surface area contributed by atoms with Gasteiger partial charge in [-0.15, -0.1) is 0 Å². The third-order valence-corrected chi connectivity index (χ3v) is 5.47. The molecule has 0 radical (unpaired) electrons. The van der Waals surface area contributed by atoms with Crippen LogP contribution in [0.3, 0.4) is 0 Å². The van der Waals surface area contributed by atoms with Gasteiger partial charge >= 0.3 is 5.97 Å². The molecule has 2 rings (SSSR count). The van der Waals surface area contributed by atoms with Crippen molar-refractivity contribution in [3.05, 3.63) is 54.1 Å². The van der Waals surface area contributed by atoms with E-state index in [1.807, 2.05) is 6.92 Å². The predicted octanol–water partition coefficient (Wildman–Crippen LogP) is 2.24. The number of benzene rings is 2. The second-order valence-electron chi connectivity index (χ2n) is 6.28. The van der Waals surface area contributed by atoms with Gasteiger partial charge in [-0.25, -0.2) is 13.1 Å². The highest BCUT2D eigenvalue weighted by Gasteiger charge is 2.20. The van der Waals surface area contributed by atoms with E-state index in [0.29, 0.717) is 11.4 Å². The number of amides is 1. The van der Waals surface area contributed by atoms with Gasteiger partial charge in [0.05, 0.1) is 24.1 Å². The Bertz CT molecular complexity index is 957. The van der Waals surface area contributed by atoms with Crippen LogP contribution in [-0.4, -0.2) is 40.1 Å². The zero-order valence-electron chi connectivity index (χ0n) is 16.5.